The van der Waals surface area contributed by atoms with Gasteiger partial charge in [-0.25, -0.2) is 0 Å². The monoisotopic (exact) mass is 387 g/mol. The second-order valence-electron chi connectivity index (χ2n) is 5.87. The quantitative estimate of drug-likeness (QED) is 0.686. The fraction of sp³-hybridized carbons (Fsp3) is 0.278. The zero-order valence-electron chi connectivity index (χ0n) is 14.3. The zero-order valence-corrected chi connectivity index (χ0v) is 16.0. The van der Waals surface area contributed by atoms with Gasteiger partial charge in [-0.2, -0.15) is 8.75 Å². The maximum atomic E-state index is 13.0. The van der Waals surface area contributed by atoms with Gasteiger partial charge in [0, 0.05) is 11.4 Å². The van der Waals surface area contributed by atoms with E-state index in [4.69, 9.17) is 9.47 Å². The molecule has 1 aromatic carbocycles. The molecule has 0 aliphatic carbocycles. The molecule has 0 fully saturated rings. The van der Waals surface area contributed by atoms with Crippen molar-refractivity contribution >= 4 is 29.0 Å². The van der Waals surface area contributed by atoms with Crippen LogP contribution in [0.4, 0.5) is 0 Å². The van der Waals surface area contributed by atoms with Crippen molar-refractivity contribution in [3.8, 4) is 11.5 Å². The van der Waals surface area contributed by atoms with E-state index in [9.17, 15) is 4.79 Å². The van der Waals surface area contributed by atoms with Crippen LogP contribution >= 0.6 is 23.1 Å². The molecule has 1 atom stereocenters. The number of thiophene rings is 1. The maximum Gasteiger partial charge on any atom is 0.276 e. The van der Waals surface area contributed by atoms with E-state index in [-0.39, 0.29) is 11.9 Å². The van der Waals surface area contributed by atoms with E-state index in [0.29, 0.717) is 23.7 Å². The number of methoxy groups -OCH3 is 2. The van der Waals surface area contributed by atoms with Gasteiger partial charge in [-0.3, -0.25) is 4.79 Å². The van der Waals surface area contributed by atoms with Crippen LogP contribution in [0.2, 0.25) is 0 Å². The Labute approximate surface area is 159 Å². The van der Waals surface area contributed by atoms with E-state index in [0.717, 1.165) is 28.6 Å². The minimum atomic E-state index is -0.173. The molecule has 0 saturated heterocycles. The summed E-state index contributed by atoms with van der Waals surface area (Å²) in [4.78, 5) is 16.0. The molecule has 8 heteroatoms. The van der Waals surface area contributed by atoms with Crippen molar-refractivity contribution in [3.63, 3.8) is 0 Å². The van der Waals surface area contributed by atoms with E-state index >= 15 is 0 Å². The standard InChI is InChI=1S/C18H17N3O3S2/c1-23-14-8-11-5-6-21(18(22)13-10-19-26-20-13)17(16-4-3-7-25-16)12(11)9-15(14)24-2/h3-4,7-10,17H,5-6H2,1-2H3/t17-/m0/s1. The summed E-state index contributed by atoms with van der Waals surface area (Å²) < 4.78 is 19.0. The van der Waals surface area contributed by atoms with E-state index in [1.54, 1.807) is 25.6 Å². The molecule has 0 bridgehead atoms. The van der Waals surface area contributed by atoms with Gasteiger partial charge in [0.2, 0.25) is 0 Å². The fourth-order valence-electron chi connectivity index (χ4n) is 3.32. The maximum absolute atomic E-state index is 13.0. The smallest absolute Gasteiger partial charge is 0.276 e. The van der Waals surface area contributed by atoms with Gasteiger partial charge in [0.25, 0.3) is 5.91 Å². The molecule has 2 aromatic heterocycles. The van der Waals surface area contributed by atoms with Crippen molar-refractivity contribution < 1.29 is 14.3 Å². The van der Waals surface area contributed by atoms with Gasteiger partial charge < -0.3 is 14.4 Å². The second kappa shape index (κ2) is 7.05. The van der Waals surface area contributed by atoms with E-state index in [2.05, 4.69) is 14.8 Å². The molecule has 3 aromatic rings. The van der Waals surface area contributed by atoms with Crippen molar-refractivity contribution in [3.05, 3.63) is 57.5 Å². The van der Waals surface area contributed by atoms with E-state index < -0.39 is 0 Å². The lowest BCUT2D eigenvalue weighted by Crippen LogP contribution is -2.40. The van der Waals surface area contributed by atoms with Crippen molar-refractivity contribution in [1.29, 1.82) is 0 Å². The Kier molecular flexibility index (Phi) is 4.60. The van der Waals surface area contributed by atoms with Gasteiger partial charge in [-0.1, -0.05) is 6.07 Å². The molecule has 6 nitrogen and oxygen atoms in total. The van der Waals surface area contributed by atoms with Crippen LogP contribution in [0, 0.1) is 0 Å². The minimum absolute atomic E-state index is 0.0995. The van der Waals surface area contributed by atoms with Crippen LogP contribution in [-0.4, -0.2) is 40.3 Å². The van der Waals surface area contributed by atoms with Crippen LogP contribution in [0.1, 0.15) is 32.5 Å². The highest BCUT2D eigenvalue weighted by molar-refractivity contribution is 7.10. The predicted octanol–water partition coefficient (Wildman–Crippen LogP) is 3.40. The number of rotatable bonds is 4. The highest BCUT2D eigenvalue weighted by Crippen LogP contribution is 2.42. The Hall–Kier alpha value is -2.45. The molecule has 0 N–H and O–H groups in total. The first-order chi connectivity index (χ1) is 12.7. The first-order valence-corrected chi connectivity index (χ1v) is 9.70. The van der Waals surface area contributed by atoms with Crippen LogP contribution in [0.15, 0.2) is 35.8 Å². The molecule has 0 unspecified atom stereocenters. The average Bonchev–Trinajstić information content (AvgIpc) is 3.39. The molecule has 0 saturated carbocycles. The van der Waals surface area contributed by atoms with E-state index in [1.807, 2.05) is 28.5 Å². The Bertz CT molecular complexity index is 910. The number of amides is 1. The second-order valence-corrected chi connectivity index (χ2v) is 7.40. The third kappa shape index (κ3) is 2.85. The van der Waals surface area contributed by atoms with Gasteiger partial charge in [0.15, 0.2) is 17.2 Å². The van der Waals surface area contributed by atoms with Gasteiger partial charge in [0.1, 0.15) is 0 Å². The number of hydrogen-bond acceptors (Lipinski definition) is 7. The fourth-order valence-corrected chi connectivity index (χ4v) is 4.59. The van der Waals surface area contributed by atoms with Crippen LogP contribution in [0.3, 0.4) is 0 Å². The largest absolute Gasteiger partial charge is 0.493 e. The molecule has 4 rings (SSSR count). The normalized spacial score (nSPS) is 16.2. The number of nitrogens with zero attached hydrogens (tertiary/aromatic N) is 3. The number of fused-ring (bicyclic) bond motifs is 1. The molecular formula is C18H17N3O3S2. The van der Waals surface area contributed by atoms with Crippen molar-refractivity contribution in [2.75, 3.05) is 20.8 Å². The summed E-state index contributed by atoms with van der Waals surface area (Å²) in [5.41, 5.74) is 2.62. The molecule has 1 aliphatic heterocycles. The lowest BCUT2D eigenvalue weighted by atomic mass is 9.90. The van der Waals surface area contributed by atoms with E-state index in [1.165, 1.54) is 11.8 Å². The molecule has 1 aliphatic rings. The van der Waals surface area contributed by atoms with Gasteiger partial charge >= 0.3 is 0 Å². The lowest BCUT2D eigenvalue weighted by Gasteiger charge is -2.37. The highest BCUT2D eigenvalue weighted by Gasteiger charge is 2.35. The highest BCUT2D eigenvalue weighted by atomic mass is 32.1. The summed E-state index contributed by atoms with van der Waals surface area (Å²) in [6.07, 6.45) is 2.28. The summed E-state index contributed by atoms with van der Waals surface area (Å²) in [7, 11) is 3.26. The first kappa shape index (κ1) is 17.0. The molecule has 134 valence electrons. The van der Waals surface area contributed by atoms with Crippen LogP contribution < -0.4 is 9.47 Å². The predicted molar refractivity (Wildman–Crippen MR) is 100 cm³/mol. The zero-order chi connectivity index (χ0) is 18.1. The lowest BCUT2D eigenvalue weighted by molar-refractivity contribution is 0.0692. The Morgan fingerprint density at radius 2 is 2.08 bits per heavy atom. The number of carbonyl (C=O) groups is 1. The topological polar surface area (TPSA) is 64.6 Å². The summed E-state index contributed by atoms with van der Waals surface area (Å²) in [6, 6.07) is 7.88. The van der Waals surface area contributed by atoms with Crippen LogP contribution in [0.25, 0.3) is 0 Å². The van der Waals surface area contributed by atoms with Crippen LogP contribution in [0.5, 0.6) is 11.5 Å². The van der Waals surface area contributed by atoms with Crippen molar-refractivity contribution in [2.24, 2.45) is 0 Å². The third-order valence-electron chi connectivity index (χ3n) is 4.53. The minimum Gasteiger partial charge on any atom is -0.493 e. The third-order valence-corrected chi connectivity index (χ3v) is 5.93. The first-order valence-electron chi connectivity index (χ1n) is 8.09. The SMILES string of the molecule is COc1cc2c(cc1OC)[C@@H](c1cccs1)N(C(=O)c1cnsn1)CC2. The number of aromatic nitrogens is 2. The van der Waals surface area contributed by atoms with Gasteiger partial charge in [-0.15, -0.1) is 11.3 Å². The molecule has 1 amide bonds. The number of carbonyl (C=O) groups excluding carboxylic acids is 1. The molecule has 0 spiro atoms. The van der Waals surface area contributed by atoms with Crippen molar-refractivity contribution in [1.82, 2.24) is 13.6 Å². The van der Waals surface area contributed by atoms with Gasteiger partial charge in [-0.05, 0) is 41.1 Å². The summed E-state index contributed by atoms with van der Waals surface area (Å²) >= 11 is 2.68. The molecular weight excluding hydrogens is 370 g/mol. The Balaban J connectivity index is 1.83. The Morgan fingerprint density at radius 3 is 2.73 bits per heavy atom. The number of benzene rings is 1. The average molecular weight is 387 g/mol. The molecule has 3 heterocycles. The summed E-state index contributed by atoms with van der Waals surface area (Å²) in [6.45, 7) is 0.613. The number of ether oxygens (including phenoxy) is 2. The summed E-state index contributed by atoms with van der Waals surface area (Å²) in [5, 5.41) is 2.03. The Morgan fingerprint density at radius 1 is 1.27 bits per heavy atom. The van der Waals surface area contributed by atoms with Crippen molar-refractivity contribution in [2.45, 2.75) is 12.5 Å². The molecule has 26 heavy (non-hydrogen) atoms. The van der Waals surface area contributed by atoms with Gasteiger partial charge in [0.05, 0.1) is 38.2 Å². The number of hydrogen-bond donors (Lipinski definition) is 0. The molecule has 0 radical (unpaired) electrons. The summed E-state index contributed by atoms with van der Waals surface area (Å²) in [5.74, 6) is 1.27. The van der Waals surface area contributed by atoms with Crippen LogP contribution in [-0.2, 0) is 6.42 Å².